The molecule has 1 unspecified atom stereocenters. The van der Waals surface area contributed by atoms with Gasteiger partial charge in [-0.05, 0) is 18.2 Å². The van der Waals surface area contributed by atoms with Crippen molar-refractivity contribution in [3.05, 3.63) is 54.0 Å². The van der Waals surface area contributed by atoms with Crippen molar-refractivity contribution in [1.29, 1.82) is 0 Å². The summed E-state index contributed by atoms with van der Waals surface area (Å²) in [6.07, 6.45) is 1.68. The van der Waals surface area contributed by atoms with Crippen molar-refractivity contribution in [3.63, 3.8) is 0 Å². The number of nitrogens with zero attached hydrogens (tertiary/aromatic N) is 1. The molecule has 0 radical (unpaired) electrons. The fourth-order valence-corrected chi connectivity index (χ4v) is 3.14. The third kappa shape index (κ3) is 4.05. The number of carbonyl (C=O) groups is 2. The molecule has 1 atom stereocenters. The van der Waals surface area contributed by atoms with Crippen LogP contribution < -0.4 is 15.4 Å². The molecule has 1 aliphatic heterocycles. The Hall–Kier alpha value is -2.80. The molecule has 7 nitrogen and oxygen atoms in total. The van der Waals surface area contributed by atoms with Crippen LogP contribution in [0.3, 0.4) is 0 Å². The third-order valence-electron chi connectivity index (χ3n) is 4.43. The number of furan rings is 1. The molecule has 1 aromatic carbocycles. The van der Waals surface area contributed by atoms with E-state index in [4.69, 9.17) is 9.15 Å². The Balaban J connectivity index is 1.62. The van der Waals surface area contributed by atoms with E-state index < -0.39 is 0 Å². The summed E-state index contributed by atoms with van der Waals surface area (Å²) in [4.78, 5) is 26.5. The lowest BCUT2D eigenvalue weighted by Gasteiger charge is -2.37. The summed E-state index contributed by atoms with van der Waals surface area (Å²) in [7, 11) is 1.63. The smallest absolute Gasteiger partial charge is 0.286 e. The molecule has 2 aromatic rings. The summed E-state index contributed by atoms with van der Waals surface area (Å²) in [5.41, 5.74) is 0.982. The summed E-state index contributed by atoms with van der Waals surface area (Å²) in [6.45, 7) is 2.30. The minimum atomic E-state index is -0.315. The molecule has 2 N–H and O–H groups in total. The minimum Gasteiger partial charge on any atom is -0.496 e. The topological polar surface area (TPSA) is 83.8 Å². The standard InChI is InChI=1S/C19H23N3O4/c1-25-16-6-3-2-5-14(16)15-13-20-10-11-22(15)18(23)8-9-21-19(24)17-7-4-12-26-17/h2-7,12,15,20H,8-11,13H2,1H3,(H,21,24). The zero-order chi connectivity index (χ0) is 18.4. The van der Waals surface area contributed by atoms with Crippen LogP contribution in [0.2, 0.25) is 0 Å². The van der Waals surface area contributed by atoms with Crippen molar-refractivity contribution in [1.82, 2.24) is 15.5 Å². The Labute approximate surface area is 152 Å². The first-order chi connectivity index (χ1) is 12.7. The maximum absolute atomic E-state index is 12.7. The monoisotopic (exact) mass is 357 g/mol. The highest BCUT2D eigenvalue weighted by molar-refractivity contribution is 5.91. The lowest BCUT2D eigenvalue weighted by molar-refractivity contribution is -0.134. The summed E-state index contributed by atoms with van der Waals surface area (Å²) >= 11 is 0. The number of rotatable bonds is 6. The van der Waals surface area contributed by atoms with Crippen LogP contribution in [0.1, 0.15) is 28.6 Å². The molecule has 1 aromatic heterocycles. The van der Waals surface area contributed by atoms with Gasteiger partial charge in [-0.2, -0.15) is 0 Å². The molecule has 26 heavy (non-hydrogen) atoms. The Morgan fingerprint density at radius 3 is 2.92 bits per heavy atom. The molecular weight excluding hydrogens is 334 g/mol. The number of benzene rings is 1. The first-order valence-electron chi connectivity index (χ1n) is 8.65. The van der Waals surface area contributed by atoms with Gasteiger partial charge in [-0.15, -0.1) is 0 Å². The van der Waals surface area contributed by atoms with Crippen LogP contribution in [0.15, 0.2) is 47.1 Å². The highest BCUT2D eigenvalue weighted by Crippen LogP contribution is 2.30. The van der Waals surface area contributed by atoms with E-state index in [-0.39, 0.29) is 36.6 Å². The lowest BCUT2D eigenvalue weighted by Crippen LogP contribution is -2.49. The molecule has 0 aliphatic carbocycles. The Kier molecular flexibility index (Phi) is 5.91. The maximum atomic E-state index is 12.7. The summed E-state index contributed by atoms with van der Waals surface area (Å²) < 4.78 is 10.5. The number of hydrogen-bond donors (Lipinski definition) is 2. The molecule has 2 amide bonds. The molecule has 3 rings (SSSR count). The van der Waals surface area contributed by atoms with E-state index in [0.717, 1.165) is 17.9 Å². The lowest BCUT2D eigenvalue weighted by atomic mass is 10.0. The molecule has 1 aliphatic rings. The van der Waals surface area contributed by atoms with Crippen molar-refractivity contribution >= 4 is 11.8 Å². The molecule has 0 spiro atoms. The zero-order valence-electron chi connectivity index (χ0n) is 14.7. The summed E-state index contributed by atoms with van der Waals surface area (Å²) in [5.74, 6) is 0.697. The Bertz CT molecular complexity index is 745. The molecule has 0 bridgehead atoms. The summed E-state index contributed by atoms with van der Waals surface area (Å²) in [5, 5.41) is 6.04. The number of amides is 2. The van der Waals surface area contributed by atoms with Crippen LogP contribution in [-0.4, -0.2) is 50.0 Å². The second-order valence-corrected chi connectivity index (χ2v) is 6.03. The van der Waals surface area contributed by atoms with Gasteiger partial charge in [0.15, 0.2) is 5.76 Å². The van der Waals surface area contributed by atoms with E-state index in [1.165, 1.54) is 6.26 Å². The number of piperazine rings is 1. The number of hydrogen-bond acceptors (Lipinski definition) is 5. The van der Waals surface area contributed by atoms with E-state index in [9.17, 15) is 9.59 Å². The van der Waals surface area contributed by atoms with Gasteiger partial charge in [0.05, 0.1) is 19.4 Å². The van der Waals surface area contributed by atoms with Gasteiger partial charge < -0.3 is 24.7 Å². The van der Waals surface area contributed by atoms with Crippen LogP contribution in [-0.2, 0) is 4.79 Å². The van der Waals surface area contributed by atoms with Crippen molar-refractivity contribution in [2.45, 2.75) is 12.5 Å². The average molecular weight is 357 g/mol. The maximum Gasteiger partial charge on any atom is 0.286 e. The van der Waals surface area contributed by atoms with Gasteiger partial charge in [0.25, 0.3) is 5.91 Å². The van der Waals surface area contributed by atoms with E-state index >= 15 is 0 Å². The SMILES string of the molecule is COc1ccccc1C1CNCCN1C(=O)CCNC(=O)c1ccco1. The molecule has 1 fully saturated rings. The number of methoxy groups -OCH3 is 1. The highest BCUT2D eigenvalue weighted by atomic mass is 16.5. The predicted molar refractivity (Wildman–Crippen MR) is 96.0 cm³/mol. The first-order valence-corrected chi connectivity index (χ1v) is 8.65. The molecule has 7 heteroatoms. The second kappa shape index (κ2) is 8.53. The highest BCUT2D eigenvalue weighted by Gasteiger charge is 2.29. The first kappa shape index (κ1) is 18.0. The minimum absolute atomic E-state index is 0.00199. The van der Waals surface area contributed by atoms with E-state index in [1.54, 1.807) is 19.2 Å². The molecular formula is C19H23N3O4. The van der Waals surface area contributed by atoms with Gasteiger partial charge in [0.2, 0.25) is 5.91 Å². The van der Waals surface area contributed by atoms with Crippen LogP contribution in [0.25, 0.3) is 0 Å². The summed E-state index contributed by atoms with van der Waals surface area (Å²) in [6, 6.07) is 10.9. The Morgan fingerprint density at radius 2 is 2.15 bits per heavy atom. The van der Waals surface area contributed by atoms with E-state index in [0.29, 0.717) is 13.1 Å². The second-order valence-electron chi connectivity index (χ2n) is 6.03. The van der Waals surface area contributed by atoms with E-state index in [1.807, 2.05) is 29.2 Å². The van der Waals surface area contributed by atoms with E-state index in [2.05, 4.69) is 10.6 Å². The normalized spacial score (nSPS) is 17.0. The zero-order valence-corrected chi connectivity index (χ0v) is 14.7. The Morgan fingerprint density at radius 1 is 1.31 bits per heavy atom. The van der Waals surface area contributed by atoms with Gasteiger partial charge in [0.1, 0.15) is 5.75 Å². The van der Waals surface area contributed by atoms with Crippen LogP contribution >= 0.6 is 0 Å². The van der Waals surface area contributed by atoms with Crippen molar-refractivity contribution in [2.75, 3.05) is 33.3 Å². The van der Waals surface area contributed by atoms with Crippen LogP contribution in [0, 0.1) is 0 Å². The number of nitrogens with one attached hydrogen (secondary N) is 2. The van der Waals surface area contributed by atoms with Gasteiger partial charge in [-0.1, -0.05) is 18.2 Å². The van der Waals surface area contributed by atoms with Crippen LogP contribution in [0.5, 0.6) is 5.75 Å². The van der Waals surface area contributed by atoms with Crippen molar-refractivity contribution in [3.8, 4) is 5.75 Å². The fourth-order valence-electron chi connectivity index (χ4n) is 3.14. The van der Waals surface area contributed by atoms with Gasteiger partial charge in [0, 0.05) is 38.2 Å². The van der Waals surface area contributed by atoms with Crippen molar-refractivity contribution in [2.24, 2.45) is 0 Å². The largest absolute Gasteiger partial charge is 0.496 e. The number of carbonyl (C=O) groups excluding carboxylic acids is 2. The number of para-hydroxylation sites is 1. The molecule has 2 heterocycles. The average Bonchev–Trinajstić information content (AvgIpc) is 3.22. The third-order valence-corrected chi connectivity index (χ3v) is 4.43. The predicted octanol–water partition coefficient (Wildman–Crippen LogP) is 1.58. The molecule has 138 valence electrons. The van der Waals surface area contributed by atoms with Gasteiger partial charge >= 0.3 is 0 Å². The molecule has 1 saturated heterocycles. The number of ether oxygens (including phenoxy) is 1. The van der Waals surface area contributed by atoms with Crippen molar-refractivity contribution < 1.29 is 18.7 Å². The quantitative estimate of drug-likeness (QED) is 0.820. The van der Waals surface area contributed by atoms with Crippen LogP contribution in [0.4, 0.5) is 0 Å². The molecule has 0 saturated carbocycles. The van der Waals surface area contributed by atoms with Gasteiger partial charge in [-0.3, -0.25) is 9.59 Å². The van der Waals surface area contributed by atoms with Gasteiger partial charge in [-0.25, -0.2) is 0 Å². The fraction of sp³-hybridized carbons (Fsp3) is 0.368.